The summed E-state index contributed by atoms with van der Waals surface area (Å²) >= 11 is 0. The maximum atomic E-state index is 11.8. The fourth-order valence-corrected chi connectivity index (χ4v) is 6.67. The summed E-state index contributed by atoms with van der Waals surface area (Å²) in [6.07, 6.45) is 1.80. The van der Waals surface area contributed by atoms with E-state index in [4.69, 9.17) is 4.98 Å². The fourth-order valence-electron chi connectivity index (χ4n) is 6.67. The van der Waals surface area contributed by atoms with Crippen LogP contribution in [0, 0.1) is 6.07 Å². The van der Waals surface area contributed by atoms with Crippen LogP contribution in [0.5, 0.6) is 5.75 Å². The van der Waals surface area contributed by atoms with Crippen LogP contribution in [0.4, 0.5) is 0 Å². The van der Waals surface area contributed by atoms with Crippen LogP contribution < -0.4 is 0 Å². The number of aromatic hydroxyl groups is 1. The van der Waals surface area contributed by atoms with Gasteiger partial charge in [-0.05, 0) is 48.5 Å². The number of fused-ring (bicyclic) bond motifs is 4. The molecule has 3 aromatic heterocycles. The van der Waals surface area contributed by atoms with Crippen molar-refractivity contribution in [2.45, 2.75) is 0 Å². The summed E-state index contributed by atoms with van der Waals surface area (Å²) in [5.41, 5.74) is 10.1. The molecule has 232 valence electrons. The van der Waals surface area contributed by atoms with E-state index in [2.05, 4.69) is 99.0 Å². The number of hydrogen-bond acceptors (Lipinski definition) is 3. The standard InChI is InChI=1S/C42H27N4O.Pt/c47-40-27-39-34(33-19-7-8-22-37(33)45(39)30-15-3-1-4-16-30)26-35(40)42-44-41-32(20-12-23-38(41)46(42)31-17-5-2-6-18-31)28-13-11-14-29(25-28)36-21-9-10-24-43-36;/h1-24,26-27,47H;/q-1;. The molecule has 9 rings (SSSR count). The third kappa shape index (κ3) is 4.83. The molecule has 6 aromatic carbocycles. The number of imidazole rings is 1. The summed E-state index contributed by atoms with van der Waals surface area (Å²) in [6, 6.07) is 54.6. The Morgan fingerprint density at radius 2 is 1.19 bits per heavy atom. The Hall–Kier alpha value is -5.77. The number of pyridine rings is 1. The summed E-state index contributed by atoms with van der Waals surface area (Å²) in [5.74, 6) is 0.825. The molecule has 6 heteroatoms. The van der Waals surface area contributed by atoms with Crippen molar-refractivity contribution in [3.05, 3.63) is 164 Å². The summed E-state index contributed by atoms with van der Waals surface area (Å²) in [7, 11) is 0. The van der Waals surface area contributed by atoms with E-state index >= 15 is 0 Å². The first-order valence-electron chi connectivity index (χ1n) is 15.6. The zero-order valence-electron chi connectivity index (χ0n) is 25.6. The average molecular weight is 799 g/mol. The number of phenols is 1. The summed E-state index contributed by atoms with van der Waals surface area (Å²) < 4.78 is 4.34. The van der Waals surface area contributed by atoms with Crippen LogP contribution in [0.25, 0.3) is 78.0 Å². The van der Waals surface area contributed by atoms with E-state index in [9.17, 15) is 5.11 Å². The smallest absolute Gasteiger partial charge is 0.148 e. The molecule has 0 saturated carbocycles. The molecule has 0 aliphatic heterocycles. The molecule has 0 aliphatic rings. The molecule has 0 radical (unpaired) electrons. The molecule has 0 unspecified atom stereocenters. The molecule has 0 fully saturated rings. The Labute approximate surface area is 291 Å². The van der Waals surface area contributed by atoms with Crippen LogP contribution in [-0.4, -0.2) is 24.2 Å². The first-order chi connectivity index (χ1) is 23.2. The Balaban J connectivity index is 0.00000336. The first kappa shape index (κ1) is 29.6. The van der Waals surface area contributed by atoms with Gasteiger partial charge in [0, 0.05) is 61.2 Å². The van der Waals surface area contributed by atoms with E-state index in [0.29, 0.717) is 11.4 Å². The Kier molecular flexibility index (Phi) is 7.47. The van der Waals surface area contributed by atoms with E-state index < -0.39 is 0 Å². The largest absolute Gasteiger partial charge is 0.507 e. The van der Waals surface area contributed by atoms with Gasteiger partial charge in [-0.15, -0.1) is 29.8 Å². The number of phenolic OH excluding ortho intramolecular Hbond substituents is 1. The van der Waals surface area contributed by atoms with Crippen molar-refractivity contribution in [2.24, 2.45) is 0 Å². The molecular weight excluding hydrogens is 772 g/mol. The van der Waals surface area contributed by atoms with Gasteiger partial charge in [0.05, 0.1) is 27.6 Å². The van der Waals surface area contributed by atoms with E-state index in [1.54, 1.807) is 6.20 Å². The average Bonchev–Trinajstić information content (AvgIpc) is 3.68. The molecule has 0 atom stereocenters. The zero-order valence-corrected chi connectivity index (χ0v) is 27.8. The molecule has 0 bridgehead atoms. The third-order valence-electron chi connectivity index (χ3n) is 8.77. The van der Waals surface area contributed by atoms with Crippen LogP contribution in [-0.2, 0) is 21.1 Å². The predicted molar refractivity (Wildman–Crippen MR) is 190 cm³/mol. The van der Waals surface area contributed by atoms with Crippen LogP contribution in [0.2, 0.25) is 0 Å². The van der Waals surface area contributed by atoms with Crippen molar-refractivity contribution in [1.29, 1.82) is 0 Å². The number of benzene rings is 6. The van der Waals surface area contributed by atoms with Crippen LogP contribution >= 0.6 is 0 Å². The summed E-state index contributed by atoms with van der Waals surface area (Å²) in [6.45, 7) is 0. The minimum absolute atomic E-state index is 0. The number of para-hydroxylation sites is 4. The molecule has 1 N–H and O–H groups in total. The Morgan fingerprint density at radius 1 is 0.521 bits per heavy atom. The molecule has 5 nitrogen and oxygen atoms in total. The Bertz CT molecular complexity index is 2580. The monoisotopic (exact) mass is 798 g/mol. The topological polar surface area (TPSA) is 55.9 Å². The molecule has 9 aromatic rings. The van der Waals surface area contributed by atoms with Gasteiger partial charge in [0.1, 0.15) is 11.6 Å². The quantitative estimate of drug-likeness (QED) is 0.177. The molecular formula is C42H27N4OPt-. The minimum atomic E-state index is 0. The van der Waals surface area contributed by atoms with Gasteiger partial charge in [-0.1, -0.05) is 90.0 Å². The summed E-state index contributed by atoms with van der Waals surface area (Å²) in [5, 5.41) is 14.0. The summed E-state index contributed by atoms with van der Waals surface area (Å²) in [4.78, 5) is 9.85. The van der Waals surface area contributed by atoms with E-state index in [0.717, 1.165) is 66.6 Å². The van der Waals surface area contributed by atoms with Crippen molar-refractivity contribution in [2.75, 3.05) is 0 Å². The maximum absolute atomic E-state index is 11.8. The second-order valence-electron chi connectivity index (χ2n) is 11.5. The van der Waals surface area contributed by atoms with Gasteiger partial charge in [0.15, 0.2) is 0 Å². The van der Waals surface area contributed by atoms with E-state index in [-0.39, 0.29) is 26.8 Å². The maximum Gasteiger partial charge on any atom is 0.148 e. The molecule has 0 spiro atoms. The van der Waals surface area contributed by atoms with Gasteiger partial charge in [-0.25, -0.2) is 4.98 Å². The van der Waals surface area contributed by atoms with E-state index in [1.807, 2.05) is 72.8 Å². The predicted octanol–water partition coefficient (Wildman–Crippen LogP) is 10.0. The molecule has 0 amide bonds. The van der Waals surface area contributed by atoms with Crippen molar-refractivity contribution >= 4 is 32.8 Å². The van der Waals surface area contributed by atoms with Crippen LogP contribution in [0.3, 0.4) is 0 Å². The normalized spacial score (nSPS) is 11.2. The molecule has 0 aliphatic carbocycles. The van der Waals surface area contributed by atoms with E-state index in [1.165, 1.54) is 0 Å². The Morgan fingerprint density at radius 3 is 1.96 bits per heavy atom. The molecule has 3 heterocycles. The third-order valence-corrected chi connectivity index (χ3v) is 8.77. The van der Waals surface area contributed by atoms with Crippen molar-refractivity contribution in [3.8, 4) is 50.9 Å². The number of hydrogen-bond donors (Lipinski definition) is 1. The van der Waals surface area contributed by atoms with Gasteiger partial charge in [-0.2, -0.15) is 0 Å². The fraction of sp³-hybridized carbons (Fsp3) is 0. The second kappa shape index (κ2) is 12.1. The SMILES string of the molecule is Oc1cc2c(cc1-c1nc3c(-c4[c-]c(-c5ccccn5)ccc4)cccc3n1-c1ccccc1)c1ccccc1n2-c1ccccc1.[Pt]. The van der Waals surface area contributed by atoms with Gasteiger partial charge < -0.3 is 9.67 Å². The van der Waals surface area contributed by atoms with Gasteiger partial charge in [-0.3, -0.25) is 9.55 Å². The van der Waals surface area contributed by atoms with Crippen molar-refractivity contribution < 1.29 is 26.2 Å². The van der Waals surface area contributed by atoms with Gasteiger partial charge in [0.25, 0.3) is 0 Å². The van der Waals surface area contributed by atoms with Crippen LogP contribution in [0.15, 0.2) is 158 Å². The zero-order chi connectivity index (χ0) is 31.3. The molecule has 48 heavy (non-hydrogen) atoms. The number of nitrogens with zero attached hydrogens (tertiary/aromatic N) is 4. The van der Waals surface area contributed by atoms with Crippen molar-refractivity contribution in [1.82, 2.24) is 19.1 Å². The van der Waals surface area contributed by atoms with Crippen molar-refractivity contribution in [3.63, 3.8) is 0 Å². The van der Waals surface area contributed by atoms with Gasteiger partial charge in [0.2, 0.25) is 0 Å². The van der Waals surface area contributed by atoms with Gasteiger partial charge >= 0.3 is 0 Å². The molecule has 0 saturated heterocycles. The number of rotatable bonds is 5. The number of aromatic nitrogens is 4. The second-order valence-corrected chi connectivity index (χ2v) is 11.5. The first-order valence-corrected chi connectivity index (χ1v) is 15.6. The van der Waals surface area contributed by atoms with Crippen LogP contribution in [0.1, 0.15) is 0 Å². The minimum Gasteiger partial charge on any atom is -0.507 e.